The number of hydrogen-bond donors (Lipinski definition) is 0. The SMILES string of the molecule is CN(C)C[C@H]1CCCCN1C(=O)[C@H]1CC(=O)N(Cc2ccccn2)C1. The standard InChI is InChI=1S/C19H28N4O2/c1-21(2)14-17-8-4-6-10-23(17)19(25)15-11-18(24)22(12-15)13-16-7-3-5-9-20-16/h3,5,7,9,15,17H,4,6,8,10-14H2,1-2H3/t15-,17+/m0/s1. The summed E-state index contributed by atoms with van der Waals surface area (Å²) in [7, 11) is 4.09. The normalized spacial score (nSPS) is 24.2. The van der Waals surface area contributed by atoms with Crippen molar-refractivity contribution in [1.82, 2.24) is 19.7 Å². The number of carbonyl (C=O) groups is 2. The summed E-state index contributed by atoms with van der Waals surface area (Å²) in [5.74, 6) is 0.00701. The van der Waals surface area contributed by atoms with Crippen molar-refractivity contribution in [2.24, 2.45) is 5.92 Å². The topological polar surface area (TPSA) is 56.8 Å². The van der Waals surface area contributed by atoms with Gasteiger partial charge in [0.15, 0.2) is 0 Å². The molecule has 0 aliphatic carbocycles. The number of nitrogens with zero attached hydrogens (tertiary/aromatic N) is 4. The first-order valence-corrected chi connectivity index (χ1v) is 9.17. The van der Waals surface area contributed by atoms with E-state index in [4.69, 9.17) is 0 Å². The Morgan fingerprint density at radius 3 is 2.88 bits per heavy atom. The Balaban J connectivity index is 1.63. The largest absolute Gasteiger partial charge is 0.338 e. The van der Waals surface area contributed by atoms with Gasteiger partial charge in [-0.1, -0.05) is 6.07 Å². The van der Waals surface area contributed by atoms with Gasteiger partial charge in [0.2, 0.25) is 11.8 Å². The number of hydrogen-bond acceptors (Lipinski definition) is 4. The van der Waals surface area contributed by atoms with E-state index in [1.165, 1.54) is 6.42 Å². The lowest BCUT2D eigenvalue weighted by Crippen LogP contribution is -2.50. The molecule has 2 aliphatic heterocycles. The van der Waals surface area contributed by atoms with Crippen LogP contribution in [0.2, 0.25) is 0 Å². The molecule has 0 unspecified atom stereocenters. The molecule has 2 atom stereocenters. The van der Waals surface area contributed by atoms with Crippen LogP contribution in [0.1, 0.15) is 31.4 Å². The fourth-order valence-electron chi connectivity index (χ4n) is 3.91. The maximum absolute atomic E-state index is 13.0. The number of aromatic nitrogens is 1. The highest BCUT2D eigenvalue weighted by Crippen LogP contribution is 2.26. The van der Waals surface area contributed by atoms with Gasteiger partial charge in [-0.3, -0.25) is 14.6 Å². The van der Waals surface area contributed by atoms with Crippen LogP contribution in [0, 0.1) is 5.92 Å². The van der Waals surface area contributed by atoms with Crippen molar-refractivity contribution >= 4 is 11.8 Å². The van der Waals surface area contributed by atoms with Crippen LogP contribution in [0.4, 0.5) is 0 Å². The molecule has 3 rings (SSSR count). The van der Waals surface area contributed by atoms with Crippen molar-refractivity contribution in [2.75, 3.05) is 33.7 Å². The second-order valence-corrected chi connectivity index (χ2v) is 7.44. The van der Waals surface area contributed by atoms with E-state index >= 15 is 0 Å². The average Bonchev–Trinajstić information content (AvgIpc) is 2.96. The van der Waals surface area contributed by atoms with E-state index in [1.807, 2.05) is 37.2 Å². The molecule has 3 heterocycles. The minimum atomic E-state index is -0.209. The molecule has 0 radical (unpaired) electrons. The molecule has 0 N–H and O–H groups in total. The van der Waals surface area contributed by atoms with Crippen LogP contribution >= 0.6 is 0 Å². The first-order chi connectivity index (χ1) is 12.0. The lowest BCUT2D eigenvalue weighted by molar-refractivity contribution is -0.139. The molecule has 0 aromatic carbocycles. The van der Waals surface area contributed by atoms with Crippen LogP contribution in [0.25, 0.3) is 0 Å². The molecule has 1 aromatic heterocycles. The second-order valence-electron chi connectivity index (χ2n) is 7.44. The maximum atomic E-state index is 13.0. The Kier molecular flexibility index (Phi) is 5.68. The Hall–Kier alpha value is -1.95. The smallest absolute Gasteiger partial charge is 0.228 e. The zero-order valence-electron chi connectivity index (χ0n) is 15.2. The molecule has 25 heavy (non-hydrogen) atoms. The zero-order chi connectivity index (χ0) is 17.8. The lowest BCUT2D eigenvalue weighted by atomic mass is 9.98. The third-order valence-corrected chi connectivity index (χ3v) is 5.13. The summed E-state index contributed by atoms with van der Waals surface area (Å²) in [5.41, 5.74) is 0.868. The molecule has 6 nitrogen and oxygen atoms in total. The first-order valence-electron chi connectivity index (χ1n) is 9.17. The van der Waals surface area contributed by atoms with Gasteiger partial charge in [0.25, 0.3) is 0 Å². The van der Waals surface area contributed by atoms with Crippen molar-refractivity contribution in [3.63, 3.8) is 0 Å². The summed E-state index contributed by atoms with van der Waals surface area (Å²) in [6, 6.07) is 5.98. The molecule has 136 valence electrons. The highest BCUT2D eigenvalue weighted by Gasteiger charge is 2.39. The first kappa shape index (κ1) is 17.9. The van der Waals surface area contributed by atoms with Crippen molar-refractivity contribution in [1.29, 1.82) is 0 Å². The summed E-state index contributed by atoms with van der Waals surface area (Å²) >= 11 is 0. The summed E-state index contributed by atoms with van der Waals surface area (Å²) < 4.78 is 0. The summed E-state index contributed by atoms with van der Waals surface area (Å²) in [4.78, 5) is 35.6. The minimum Gasteiger partial charge on any atom is -0.338 e. The van der Waals surface area contributed by atoms with E-state index in [0.717, 1.165) is 31.6 Å². The Morgan fingerprint density at radius 1 is 1.32 bits per heavy atom. The van der Waals surface area contributed by atoms with Gasteiger partial charge in [0.1, 0.15) is 0 Å². The van der Waals surface area contributed by atoms with Gasteiger partial charge in [-0.25, -0.2) is 0 Å². The van der Waals surface area contributed by atoms with E-state index in [2.05, 4.69) is 9.88 Å². The number of carbonyl (C=O) groups excluding carboxylic acids is 2. The summed E-state index contributed by atoms with van der Waals surface area (Å²) in [6.45, 7) is 2.72. The Morgan fingerprint density at radius 2 is 2.16 bits per heavy atom. The summed E-state index contributed by atoms with van der Waals surface area (Å²) in [5, 5.41) is 0. The number of likely N-dealkylation sites (N-methyl/N-ethyl adjacent to an activating group) is 1. The molecular formula is C19H28N4O2. The molecule has 2 saturated heterocycles. The summed E-state index contributed by atoms with van der Waals surface area (Å²) in [6.07, 6.45) is 5.36. The number of rotatable bonds is 5. The molecule has 0 spiro atoms. The van der Waals surface area contributed by atoms with Crippen molar-refractivity contribution in [3.8, 4) is 0 Å². The van der Waals surface area contributed by atoms with Crippen LogP contribution in [-0.4, -0.2) is 71.3 Å². The maximum Gasteiger partial charge on any atom is 0.228 e. The lowest BCUT2D eigenvalue weighted by Gasteiger charge is -2.38. The number of amides is 2. The third-order valence-electron chi connectivity index (χ3n) is 5.13. The average molecular weight is 344 g/mol. The molecule has 0 saturated carbocycles. The third kappa shape index (κ3) is 4.37. The van der Waals surface area contributed by atoms with E-state index in [1.54, 1.807) is 11.1 Å². The van der Waals surface area contributed by atoms with Gasteiger partial charge < -0.3 is 14.7 Å². The van der Waals surface area contributed by atoms with E-state index < -0.39 is 0 Å². The zero-order valence-corrected chi connectivity index (χ0v) is 15.2. The molecule has 1 aromatic rings. The Bertz CT molecular complexity index is 605. The quantitative estimate of drug-likeness (QED) is 0.810. The van der Waals surface area contributed by atoms with Gasteiger partial charge >= 0.3 is 0 Å². The minimum absolute atomic E-state index is 0.0603. The highest BCUT2D eigenvalue weighted by atomic mass is 16.2. The molecule has 2 fully saturated rings. The van der Waals surface area contributed by atoms with Gasteiger partial charge in [0.05, 0.1) is 18.2 Å². The van der Waals surface area contributed by atoms with Crippen molar-refractivity contribution in [2.45, 2.75) is 38.3 Å². The van der Waals surface area contributed by atoms with Crippen molar-refractivity contribution in [3.05, 3.63) is 30.1 Å². The van der Waals surface area contributed by atoms with Crippen molar-refractivity contribution < 1.29 is 9.59 Å². The van der Waals surface area contributed by atoms with Gasteiger partial charge in [-0.2, -0.15) is 0 Å². The van der Waals surface area contributed by atoms with Crippen LogP contribution in [-0.2, 0) is 16.1 Å². The number of pyridine rings is 1. The molecule has 6 heteroatoms. The highest BCUT2D eigenvalue weighted by molar-refractivity contribution is 5.89. The van der Waals surface area contributed by atoms with E-state index in [-0.39, 0.29) is 23.8 Å². The predicted octanol–water partition coefficient (Wildman–Crippen LogP) is 1.37. The monoisotopic (exact) mass is 344 g/mol. The van der Waals surface area contributed by atoms with Gasteiger partial charge in [-0.15, -0.1) is 0 Å². The predicted molar refractivity (Wildman–Crippen MR) is 95.7 cm³/mol. The van der Waals surface area contributed by atoms with Gasteiger partial charge in [-0.05, 0) is 45.5 Å². The molecule has 2 amide bonds. The van der Waals surface area contributed by atoms with Crippen LogP contribution in [0.5, 0.6) is 0 Å². The fraction of sp³-hybridized carbons (Fsp3) is 0.632. The fourth-order valence-corrected chi connectivity index (χ4v) is 3.91. The molecule has 2 aliphatic rings. The van der Waals surface area contributed by atoms with Gasteiger partial charge in [0, 0.05) is 38.3 Å². The second kappa shape index (κ2) is 7.95. The number of likely N-dealkylation sites (tertiary alicyclic amines) is 2. The van der Waals surface area contributed by atoms with Crippen LogP contribution in [0.3, 0.4) is 0 Å². The molecule has 0 bridgehead atoms. The molecular weight excluding hydrogens is 316 g/mol. The van der Waals surface area contributed by atoms with E-state index in [0.29, 0.717) is 19.5 Å². The Labute approximate surface area is 149 Å². The van der Waals surface area contributed by atoms with Crippen LogP contribution in [0.15, 0.2) is 24.4 Å². The van der Waals surface area contributed by atoms with Crippen LogP contribution < -0.4 is 0 Å². The van der Waals surface area contributed by atoms with E-state index in [9.17, 15) is 9.59 Å². The number of piperidine rings is 1.